The molecule has 0 bridgehead atoms. The number of piperidine rings is 1. The lowest BCUT2D eigenvalue weighted by Crippen LogP contribution is -2.38. The molecule has 33 heavy (non-hydrogen) atoms. The molecule has 0 amide bonds. The van der Waals surface area contributed by atoms with E-state index in [0.717, 1.165) is 37.3 Å². The van der Waals surface area contributed by atoms with Gasteiger partial charge in [-0.3, -0.25) is 4.79 Å². The Balaban J connectivity index is 1.34. The highest BCUT2D eigenvalue weighted by Crippen LogP contribution is 2.24. The Morgan fingerprint density at radius 2 is 1.85 bits per heavy atom. The van der Waals surface area contributed by atoms with Crippen LogP contribution < -0.4 is 14.4 Å². The van der Waals surface area contributed by atoms with Crippen LogP contribution in [0.15, 0.2) is 60.7 Å². The number of nitriles is 1. The lowest BCUT2D eigenvalue weighted by Gasteiger charge is -2.32. The van der Waals surface area contributed by atoms with Crippen molar-refractivity contribution in [2.24, 2.45) is 0 Å². The normalized spacial score (nSPS) is 13.4. The van der Waals surface area contributed by atoms with Crippen molar-refractivity contribution in [3.63, 3.8) is 0 Å². The Kier molecular flexibility index (Phi) is 6.82. The first-order chi connectivity index (χ1) is 16.1. The molecule has 1 fully saturated rings. The molecule has 1 aliphatic heterocycles. The quantitative estimate of drug-likeness (QED) is 0.348. The number of benzene rings is 2. The van der Waals surface area contributed by atoms with E-state index in [0.29, 0.717) is 22.8 Å². The molecule has 7 heteroatoms. The molecule has 0 unspecified atom stereocenters. The average molecular weight is 438 g/mol. The molecule has 1 saturated heterocycles. The minimum absolute atomic E-state index is 0.0663. The summed E-state index contributed by atoms with van der Waals surface area (Å²) < 4.78 is 11.1. The van der Waals surface area contributed by atoms with Crippen molar-refractivity contribution in [3.05, 3.63) is 77.5 Å². The molecule has 0 spiro atoms. The highest BCUT2D eigenvalue weighted by Gasteiger charge is 2.22. The van der Waals surface area contributed by atoms with Crippen LogP contribution in [-0.2, 0) is 4.79 Å². The second kappa shape index (κ2) is 10.3. The number of hydrogen-bond donors (Lipinski definition) is 0. The van der Waals surface area contributed by atoms with Crippen LogP contribution in [0, 0.1) is 23.2 Å². The maximum atomic E-state index is 11.1. The number of hydrogen-bond acceptors (Lipinski definition) is 7. The SMILES string of the molecule is CC(=O)Oc1cccc(C#Cc2ccc(N3CCC(Oc4ccccc4C#N)CC3)nn2)c1. The predicted octanol–water partition coefficient (Wildman–Crippen LogP) is 3.72. The van der Waals surface area contributed by atoms with Crippen LogP contribution in [0.25, 0.3) is 0 Å². The molecule has 0 N–H and O–H groups in total. The van der Waals surface area contributed by atoms with Gasteiger partial charge in [0.2, 0.25) is 0 Å². The Morgan fingerprint density at radius 3 is 2.58 bits per heavy atom. The number of rotatable bonds is 4. The standard InChI is InChI=1S/C26H22N4O3/c1-19(31)32-24-7-4-5-20(17-24)9-10-22-11-12-26(29-28-22)30-15-13-23(14-16-30)33-25-8-3-2-6-21(25)18-27/h2-8,11-12,17,23H,13-16H2,1H3. The fourth-order valence-electron chi connectivity index (χ4n) is 3.54. The molecule has 1 aromatic heterocycles. The molecule has 2 heterocycles. The molecule has 3 aromatic rings. The monoisotopic (exact) mass is 438 g/mol. The Bertz CT molecular complexity index is 1230. The van der Waals surface area contributed by atoms with Crippen LogP contribution in [0.2, 0.25) is 0 Å². The average Bonchev–Trinajstić information content (AvgIpc) is 2.84. The van der Waals surface area contributed by atoms with E-state index in [-0.39, 0.29) is 12.1 Å². The Labute approximate surface area is 192 Å². The number of aromatic nitrogens is 2. The highest BCUT2D eigenvalue weighted by atomic mass is 16.5. The molecule has 0 aliphatic carbocycles. The molecule has 0 saturated carbocycles. The van der Waals surface area contributed by atoms with Gasteiger partial charge in [-0.05, 0) is 48.4 Å². The van der Waals surface area contributed by atoms with Crippen LogP contribution in [0.5, 0.6) is 11.5 Å². The molecule has 0 radical (unpaired) electrons. The van der Waals surface area contributed by atoms with E-state index in [4.69, 9.17) is 9.47 Å². The number of para-hydroxylation sites is 1. The lowest BCUT2D eigenvalue weighted by molar-refractivity contribution is -0.131. The third kappa shape index (κ3) is 5.87. The van der Waals surface area contributed by atoms with E-state index in [9.17, 15) is 10.1 Å². The smallest absolute Gasteiger partial charge is 0.308 e. The van der Waals surface area contributed by atoms with Gasteiger partial charge >= 0.3 is 5.97 Å². The minimum atomic E-state index is -0.371. The van der Waals surface area contributed by atoms with E-state index in [1.165, 1.54) is 6.92 Å². The molecule has 1 aliphatic rings. The summed E-state index contributed by atoms with van der Waals surface area (Å²) in [6, 6.07) is 20.3. The molecule has 164 valence electrons. The fraction of sp³-hybridized carbons (Fsp3) is 0.231. The molecule has 4 rings (SSSR count). The summed E-state index contributed by atoms with van der Waals surface area (Å²) in [5, 5.41) is 17.8. The van der Waals surface area contributed by atoms with Gasteiger partial charge in [0, 0.05) is 38.4 Å². The summed E-state index contributed by atoms with van der Waals surface area (Å²) in [6.45, 7) is 2.95. The zero-order chi connectivity index (χ0) is 23.0. The zero-order valence-electron chi connectivity index (χ0n) is 18.2. The number of nitrogens with zero attached hydrogens (tertiary/aromatic N) is 4. The van der Waals surface area contributed by atoms with Gasteiger partial charge in [0.25, 0.3) is 0 Å². The second-order valence-corrected chi connectivity index (χ2v) is 7.56. The Morgan fingerprint density at radius 1 is 1.03 bits per heavy atom. The van der Waals surface area contributed by atoms with Gasteiger partial charge in [0.15, 0.2) is 5.82 Å². The topological polar surface area (TPSA) is 88.3 Å². The molecule has 2 aromatic carbocycles. The number of anilines is 1. The van der Waals surface area contributed by atoms with Gasteiger partial charge in [-0.2, -0.15) is 5.26 Å². The third-order valence-corrected chi connectivity index (χ3v) is 5.15. The molecule has 7 nitrogen and oxygen atoms in total. The summed E-state index contributed by atoms with van der Waals surface area (Å²) in [5.74, 6) is 7.53. The summed E-state index contributed by atoms with van der Waals surface area (Å²) in [4.78, 5) is 13.3. The fourth-order valence-corrected chi connectivity index (χ4v) is 3.54. The first-order valence-electron chi connectivity index (χ1n) is 10.7. The molecular weight excluding hydrogens is 416 g/mol. The lowest BCUT2D eigenvalue weighted by atomic mass is 10.1. The summed E-state index contributed by atoms with van der Waals surface area (Å²) in [7, 11) is 0. The van der Waals surface area contributed by atoms with Crippen molar-refractivity contribution < 1.29 is 14.3 Å². The van der Waals surface area contributed by atoms with Gasteiger partial charge in [-0.1, -0.05) is 24.1 Å². The molecule has 0 atom stereocenters. The first kappa shape index (κ1) is 21.9. The van der Waals surface area contributed by atoms with E-state index in [1.54, 1.807) is 24.3 Å². The van der Waals surface area contributed by atoms with Crippen molar-refractivity contribution in [1.82, 2.24) is 10.2 Å². The van der Waals surface area contributed by atoms with Gasteiger partial charge in [-0.25, -0.2) is 0 Å². The minimum Gasteiger partial charge on any atom is -0.489 e. The van der Waals surface area contributed by atoms with Crippen molar-refractivity contribution in [2.45, 2.75) is 25.9 Å². The van der Waals surface area contributed by atoms with Gasteiger partial charge in [0.05, 0.1) is 5.56 Å². The van der Waals surface area contributed by atoms with Crippen LogP contribution in [-0.4, -0.2) is 35.4 Å². The number of carbonyl (C=O) groups is 1. The van der Waals surface area contributed by atoms with Gasteiger partial charge < -0.3 is 14.4 Å². The van der Waals surface area contributed by atoms with E-state index in [1.807, 2.05) is 36.4 Å². The summed E-state index contributed by atoms with van der Waals surface area (Å²) in [6.07, 6.45) is 1.74. The van der Waals surface area contributed by atoms with Crippen LogP contribution >= 0.6 is 0 Å². The van der Waals surface area contributed by atoms with E-state index >= 15 is 0 Å². The van der Waals surface area contributed by atoms with Crippen molar-refractivity contribution in [3.8, 4) is 29.4 Å². The van der Waals surface area contributed by atoms with Crippen molar-refractivity contribution in [2.75, 3.05) is 18.0 Å². The second-order valence-electron chi connectivity index (χ2n) is 7.56. The van der Waals surface area contributed by atoms with Gasteiger partial charge in [-0.15, -0.1) is 10.2 Å². The maximum absolute atomic E-state index is 11.1. The van der Waals surface area contributed by atoms with Gasteiger partial charge in [0.1, 0.15) is 29.4 Å². The van der Waals surface area contributed by atoms with E-state index < -0.39 is 0 Å². The van der Waals surface area contributed by atoms with Crippen LogP contribution in [0.4, 0.5) is 5.82 Å². The summed E-state index contributed by atoms with van der Waals surface area (Å²) in [5.41, 5.74) is 1.84. The largest absolute Gasteiger partial charge is 0.489 e. The Hall–Kier alpha value is -4.36. The first-order valence-corrected chi connectivity index (χ1v) is 10.7. The number of carbonyl (C=O) groups excluding carboxylic acids is 1. The van der Waals surface area contributed by atoms with Crippen LogP contribution in [0.3, 0.4) is 0 Å². The predicted molar refractivity (Wildman–Crippen MR) is 123 cm³/mol. The zero-order valence-corrected chi connectivity index (χ0v) is 18.2. The maximum Gasteiger partial charge on any atom is 0.308 e. The summed E-state index contributed by atoms with van der Waals surface area (Å²) >= 11 is 0. The van der Waals surface area contributed by atoms with Crippen LogP contribution in [0.1, 0.15) is 36.6 Å². The third-order valence-electron chi connectivity index (χ3n) is 5.15. The highest BCUT2D eigenvalue weighted by molar-refractivity contribution is 5.69. The number of esters is 1. The molecular formula is C26H22N4O3. The van der Waals surface area contributed by atoms with Crippen molar-refractivity contribution in [1.29, 1.82) is 5.26 Å². The van der Waals surface area contributed by atoms with E-state index in [2.05, 4.69) is 33.0 Å². The number of ether oxygens (including phenoxy) is 2. The van der Waals surface area contributed by atoms with Crippen molar-refractivity contribution >= 4 is 11.8 Å².